The molecule has 0 spiro atoms. The molecule has 11 heteroatoms. The summed E-state index contributed by atoms with van der Waals surface area (Å²) in [5.74, 6) is -1.57. The van der Waals surface area contributed by atoms with Crippen molar-refractivity contribution >= 4 is 40.7 Å². The van der Waals surface area contributed by atoms with E-state index in [1.165, 1.54) is 42.7 Å². The second kappa shape index (κ2) is 9.43. The molecule has 0 bridgehead atoms. The van der Waals surface area contributed by atoms with Crippen LogP contribution in [0.2, 0.25) is 5.15 Å². The minimum absolute atomic E-state index is 0.0254. The van der Waals surface area contributed by atoms with Crippen LogP contribution in [0.3, 0.4) is 0 Å². The molecule has 0 aliphatic rings. The summed E-state index contributed by atoms with van der Waals surface area (Å²) in [6, 6.07) is 10.3. The zero-order chi connectivity index (χ0) is 22.4. The first-order valence-corrected chi connectivity index (χ1v) is 9.08. The van der Waals surface area contributed by atoms with E-state index in [1.54, 1.807) is 6.07 Å². The fraction of sp³-hybridized carbons (Fsp3) is 0.100. The Kier molecular flexibility index (Phi) is 6.71. The Morgan fingerprint density at radius 3 is 2.52 bits per heavy atom. The van der Waals surface area contributed by atoms with E-state index in [0.717, 1.165) is 12.1 Å². The molecule has 0 fully saturated rings. The summed E-state index contributed by atoms with van der Waals surface area (Å²) >= 11 is 5.84. The third-order valence-corrected chi connectivity index (χ3v) is 4.15. The molecule has 2 aromatic heterocycles. The monoisotopic (exact) mass is 450 g/mol. The van der Waals surface area contributed by atoms with Crippen molar-refractivity contribution in [2.24, 2.45) is 0 Å². The van der Waals surface area contributed by atoms with Crippen molar-refractivity contribution in [2.75, 3.05) is 17.2 Å². The van der Waals surface area contributed by atoms with Gasteiger partial charge in [-0.25, -0.2) is 14.8 Å². The Hall–Kier alpha value is -3.66. The number of hydrogen-bond acceptors (Lipinski definition) is 6. The maximum absolute atomic E-state index is 12.9. The van der Waals surface area contributed by atoms with Crippen LogP contribution in [0.5, 0.6) is 0 Å². The average molecular weight is 451 g/mol. The van der Waals surface area contributed by atoms with Gasteiger partial charge >= 0.3 is 12.1 Å². The predicted octanol–water partition coefficient (Wildman–Crippen LogP) is 4.69. The van der Waals surface area contributed by atoms with Gasteiger partial charge in [0.2, 0.25) is 0 Å². The normalized spacial score (nSPS) is 11.0. The summed E-state index contributed by atoms with van der Waals surface area (Å²) in [6.07, 6.45) is -1.72. The van der Waals surface area contributed by atoms with Gasteiger partial charge in [0.1, 0.15) is 11.4 Å². The summed E-state index contributed by atoms with van der Waals surface area (Å²) in [4.78, 5) is 32.2. The summed E-state index contributed by atoms with van der Waals surface area (Å²) in [7, 11) is 0. The van der Waals surface area contributed by atoms with Gasteiger partial charge in [-0.05, 0) is 42.5 Å². The number of pyridine rings is 2. The molecule has 3 rings (SSSR count). The topological polar surface area (TPSA) is 93.2 Å². The average Bonchev–Trinajstić information content (AvgIpc) is 2.74. The number of esters is 1. The molecule has 0 radical (unpaired) electrons. The van der Waals surface area contributed by atoms with Crippen molar-refractivity contribution in [1.82, 2.24) is 9.97 Å². The van der Waals surface area contributed by atoms with Gasteiger partial charge in [0, 0.05) is 18.1 Å². The highest BCUT2D eigenvalue weighted by Crippen LogP contribution is 2.31. The molecule has 2 N–H and O–H groups in total. The van der Waals surface area contributed by atoms with Crippen molar-refractivity contribution in [1.29, 1.82) is 0 Å². The zero-order valence-corrected chi connectivity index (χ0v) is 16.4. The standard InChI is InChI=1S/C20H14ClF3N4O3/c21-17-15(7-3-8-25-17)28-16(29)11-31-19(30)14-6-2-9-26-18(14)27-13-5-1-4-12(10-13)20(22,23)24/h1-10H,11H2,(H,26,27)(H,28,29). The van der Waals surface area contributed by atoms with E-state index >= 15 is 0 Å². The molecule has 7 nitrogen and oxygen atoms in total. The van der Waals surface area contributed by atoms with Crippen molar-refractivity contribution in [3.8, 4) is 0 Å². The SMILES string of the molecule is O=C(COC(=O)c1cccnc1Nc1cccc(C(F)(F)F)c1)Nc1cccnc1Cl. The van der Waals surface area contributed by atoms with E-state index in [1.807, 2.05) is 0 Å². The molecule has 0 saturated heterocycles. The van der Waals surface area contributed by atoms with Crippen LogP contribution in [0.4, 0.5) is 30.4 Å². The molecular weight excluding hydrogens is 437 g/mol. The number of rotatable bonds is 6. The number of carbonyl (C=O) groups is 2. The molecule has 0 aliphatic heterocycles. The van der Waals surface area contributed by atoms with Crippen LogP contribution in [-0.4, -0.2) is 28.5 Å². The van der Waals surface area contributed by atoms with Crippen LogP contribution >= 0.6 is 11.6 Å². The fourth-order valence-electron chi connectivity index (χ4n) is 2.45. The van der Waals surface area contributed by atoms with Gasteiger partial charge in [0.25, 0.3) is 5.91 Å². The summed E-state index contributed by atoms with van der Waals surface area (Å²) in [5, 5.41) is 5.18. The van der Waals surface area contributed by atoms with Gasteiger partial charge in [-0.2, -0.15) is 13.2 Å². The molecule has 0 saturated carbocycles. The minimum Gasteiger partial charge on any atom is -0.452 e. The molecule has 31 heavy (non-hydrogen) atoms. The summed E-state index contributed by atoms with van der Waals surface area (Å²) < 4.78 is 43.7. The third-order valence-electron chi connectivity index (χ3n) is 3.85. The second-order valence-corrected chi connectivity index (χ2v) is 6.43. The Morgan fingerprint density at radius 1 is 1.03 bits per heavy atom. The quantitative estimate of drug-likeness (QED) is 0.418. The first kappa shape index (κ1) is 22.0. The van der Waals surface area contributed by atoms with Crippen LogP contribution in [0.25, 0.3) is 0 Å². The summed E-state index contributed by atoms with van der Waals surface area (Å²) in [5.41, 5.74) is -0.597. The number of ether oxygens (including phenoxy) is 1. The molecule has 0 atom stereocenters. The van der Waals surface area contributed by atoms with Crippen molar-refractivity contribution < 1.29 is 27.5 Å². The Morgan fingerprint density at radius 2 is 1.77 bits per heavy atom. The number of aromatic nitrogens is 2. The maximum atomic E-state index is 12.9. The van der Waals surface area contributed by atoms with Crippen LogP contribution in [-0.2, 0) is 15.7 Å². The molecule has 2 heterocycles. The fourth-order valence-corrected chi connectivity index (χ4v) is 2.62. The second-order valence-electron chi connectivity index (χ2n) is 6.07. The molecular formula is C20H14ClF3N4O3. The van der Waals surface area contributed by atoms with Gasteiger partial charge in [0.05, 0.1) is 11.3 Å². The lowest BCUT2D eigenvalue weighted by Crippen LogP contribution is -2.21. The lowest BCUT2D eigenvalue weighted by atomic mass is 10.2. The number of amides is 1. The van der Waals surface area contributed by atoms with Crippen LogP contribution in [0.1, 0.15) is 15.9 Å². The number of halogens is 4. The Bertz CT molecular complexity index is 1110. The van der Waals surface area contributed by atoms with Crippen molar-refractivity contribution in [3.05, 3.63) is 77.2 Å². The first-order chi connectivity index (χ1) is 14.7. The molecule has 0 unspecified atom stereocenters. The van der Waals surface area contributed by atoms with Crippen LogP contribution in [0.15, 0.2) is 60.9 Å². The van der Waals surface area contributed by atoms with E-state index in [9.17, 15) is 22.8 Å². The predicted molar refractivity (Wildman–Crippen MR) is 107 cm³/mol. The van der Waals surface area contributed by atoms with Crippen molar-refractivity contribution in [2.45, 2.75) is 6.18 Å². The van der Waals surface area contributed by atoms with Gasteiger partial charge in [-0.3, -0.25) is 4.79 Å². The van der Waals surface area contributed by atoms with Gasteiger partial charge in [0.15, 0.2) is 11.8 Å². The smallest absolute Gasteiger partial charge is 0.416 e. The molecule has 0 aliphatic carbocycles. The lowest BCUT2D eigenvalue weighted by Gasteiger charge is -2.13. The highest BCUT2D eigenvalue weighted by atomic mass is 35.5. The van der Waals surface area contributed by atoms with Crippen molar-refractivity contribution in [3.63, 3.8) is 0 Å². The van der Waals surface area contributed by atoms with E-state index < -0.39 is 30.2 Å². The number of benzene rings is 1. The summed E-state index contributed by atoms with van der Waals surface area (Å²) in [6.45, 7) is -0.623. The minimum atomic E-state index is -4.52. The molecule has 1 aromatic carbocycles. The molecule has 1 amide bonds. The number of alkyl halides is 3. The number of nitrogens with zero attached hydrogens (tertiary/aromatic N) is 2. The third kappa shape index (κ3) is 5.92. The molecule has 160 valence electrons. The van der Waals surface area contributed by atoms with Gasteiger partial charge < -0.3 is 15.4 Å². The van der Waals surface area contributed by atoms with Gasteiger partial charge in [-0.1, -0.05) is 17.7 Å². The van der Waals surface area contributed by atoms with E-state index in [4.69, 9.17) is 16.3 Å². The van der Waals surface area contributed by atoms with E-state index in [2.05, 4.69) is 20.6 Å². The van der Waals surface area contributed by atoms with E-state index in [0.29, 0.717) is 0 Å². The number of anilines is 3. The Labute approximate surface area is 179 Å². The Balaban J connectivity index is 1.68. The number of carbonyl (C=O) groups excluding carboxylic acids is 2. The van der Waals surface area contributed by atoms with Crippen LogP contribution in [0, 0.1) is 0 Å². The largest absolute Gasteiger partial charge is 0.452 e. The lowest BCUT2D eigenvalue weighted by molar-refractivity contribution is -0.137. The maximum Gasteiger partial charge on any atom is 0.416 e. The number of nitrogens with one attached hydrogen (secondary N) is 2. The highest BCUT2D eigenvalue weighted by Gasteiger charge is 2.30. The van der Waals surface area contributed by atoms with Crippen LogP contribution < -0.4 is 10.6 Å². The highest BCUT2D eigenvalue weighted by molar-refractivity contribution is 6.32. The van der Waals surface area contributed by atoms with E-state index in [-0.39, 0.29) is 27.9 Å². The first-order valence-electron chi connectivity index (χ1n) is 8.71. The van der Waals surface area contributed by atoms with Gasteiger partial charge in [-0.15, -0.1) is 0 Å². The zero-order valence-electron chi connectivity index (χ0n) is 15.6. The molecule has 3 aromatic rings. The number of hydrogen-bond donors (Lipinski definition) is 2.